The van der Waals surface area contributed by atoms with Crippen molar-refractivity contribution in [1.82, 2.24) is 20.1 Å². The van der Waals surface area contributed by atoms with Crippen LogP contribution in [-0.2, 0) is 22.5 Å². The maximum absolute atomic E-state index is 12.7. The summed E-state index contributed by atoms with van der Waals surface area (Å²) in [5, 5.41) is 7.75. The summed E-state index contributed by atoms with van der Waals surface area (Å²) in [6, 6.07) is 22.4. The lowest BCUT2D eigenvalue weighted by Crippen LogP contribution is -2.29. The molecule has 0 aliphatic rings. The molecule has 0 aliphatic carbocycles. The molecule has 2 aromatic heterocycles. The molecule has 0 spiro atoms. The highest BCUT2D eigenvalue weighted by molar-refractivity contribution is 9.10. The van der Waals surface area contributed by atoms with E-state index in [4.69, 9.17) is 0 Å². The number of nitrogens with one attached hydrogen (secondary N) is 1. The third kappa shape index (κ3) is 8.95. The monoisotopic (exact) mass is 626 g/mol. The molecule has 0 atom stereocenters. The summed E-state index contributed by atoms with van der Waals surface area (Å²) < 4.78 is 44.5. The van der Waals surface area contributed by atoms with Gasteiger partial charge < -0.3 is 10.1 Å². The Morgan fingerprint density at radius 2 is 1.73 bits per heavy atom. The van der Waals surface area contributed by atoms with Crippen LogP contribution in [0.25, 0.3) is 23.4 Å². The summed E-state index contributed by atoms with van der Waals surface area (Å²) in [6.45, 7) is 1.50. The summed E-state index contributed by atoms with van der Waals surface area (Å²) in [7, 11) is 0. The van der Waals surface area contributed by atoms with E-state index in [0.29, 0.717) is 29.9 Å². The van der Waals surface area contributed by atoms with Crippen molar-refractivity contribution in [2.24, 2.45) is 0 Å². The van der Waals surface area contributed by atoms with Crippen LogP contribution in [0.1, 0.15) is 33.7 Å². The number of ether oxygens (including phenoxy) is 1. The SMILES string of the molecule is O=C(OC(=O)C(F)(F)F)c1cc(-c2ccnc(/C=C/c3ccccc3)c2)nn1CCCNCCc1ccc(Br)cc1. The van der Waals surface area contributed by atoms with Crippen LogP contribution in [0.15, 0.2) is 83.5 Å². The van der Waals surface area contributed by atoms with Crippen LogP contribution >= 0.6 is 15.9 Å². The molecule has 0 saturated heterocycles. The van der Waals surface area contributed by atoms with E-state index in [2.05, 4.69) is 36.1 Å². The molecular weight excluding hydrogens is 601 g/mol. The van der Waals surface area contributed by atoms with Crippen molar-refractivity contribution in [1.29, 1.82) is 0 Å². The maximum atomic E-state index is 12.7. The average Bonchev–Trinajstić information content (AvgIpc) is 3.39. The number of aryl methyl sites for hydroxylation is 1. The van der Waals surface area contributed by atoms with Gasteiger partial charge in [-0.25, -0.2) is 9.59 Å². The van der Waals surface area contributed by atoms with Crippen molar-refractivity contribution in [2.45, 2.75) is 25.6 Å². The number of aromatic nitrogens is 3. The molecular formula is C30H26BrF3N4O3. The van der Waals surface area contributed by atoms with Crippen molar-refractivity contribution >= 4 is 40.0 Å². The first-order valence-electron chi connectivity index (χ1n) is 12.7. The van der Waals surface area contributed by atoms with E-state index in [1.165, 1.54) is 16.3 Å². The van der Waals surface area contributed by atoms with Crippen LogP contribution in [0.4, 0.5) is 13.2 Å². The van der Waals surface area contributed by atoms with E-state index in [1.54, 1.807) is 18.3 Å². The number of benzene rings is 2. The smallest absolute Gasteiger partial charge is 0.381 e. The Morgan fingerprint density at radius 3 is 2.46 bits per heavy atom. The quantitative estimate of drug-likeness (QED) is 0.119. The highest BCUT2D eigenvalue weighted by Gasteiger charge is 2.43. The van der Waals surface area contributed by atoms with Gasteiger partial charge in [0.15, 0.2) is 0 Å². The fraction of sp³-hybridized carbons (Fsp3) is 0.200. The zero-order chi connectivity index (χ0) is 29.2. The van der Waals surface area contributed by atoms with Crippen LogP contribution in [-0.4, -0.2) is 46.0 Å². The molecule has 212 valence electrons. The van der Waals surface area contributed by atoms with Crippen molar-refractivity contribution in [3.8, 4) is 11.3 Å². The molecule has 0 aliphatic heterocycles. The molecule has 0 unspecified atom stereocenters. The predicted octanol–water partition coefficient (Wildman–Crippen LogP) is 6.35. The molecule has 2 aromatic carbocycles. The van der Waals surface area contributed by atoms with Gasteiger partial charge in [0.1, 0.15) is 5.69 Å². The number of halogens is 4. The van der Waals surface area contributed by atoms with Gasteiger partial charge in [0.25, 0.3) is 0 Å². The van der Waals surface area contributed by atoms with E-state index in [1.807, 2.05) is 66.7 Å². The second-order valence-corrected chi connectivity index (χ2v) is 9.92. The standard InChI is InChI=1S/C30H26BrF3N4O3/c31-24-10-7-22(8-11-24)13-16-35-15-4-18-38-27(28(39)41-29(40)30(32,33)34)20-26(37-38)23-14-17-36-25(19-23)12-9-21-5-2-1-3-6-21/h1-3,5-12,14,17,19-20,35H,4,13,15-16,18H2/b12-9+. The summed E-state index contributed by atoms with van der Waals surface area (Å²) in [4.78, 5) is 28.2. The van der Waals surface area contributed by atoms with E-state index in [9.17, 15) is 22.8 Å². The van der Waals surface area contributed by atoms with Crippen LogP contribution in [0.2, 0.25) is 0 Å². The van der Waals surface area contributed by atoms with Crippen molar-refractivity contribution < 1.29 is 27.5 Å². The molecule has 4 aromatic rings. The molecule has 0 saturated carbocycles. The summed E-state index contributed by atoms with van der Waals surface area (Å²) in [6.07, 6.45) is 1.31. The Morgan fingerprint density at radius 1 is 0.976 bits per heavy atom. The third-order valence-corrected chi connectivity index (χ3v) is 6.48. The van der Waals surface area contributed by atoms with Crippen LogP contribution < -0.4 is 5.32 Å². The number of carbonyl (C=O) groups is 2. The molecule has 2 heterocycles. The Balaban J connectivity index is 1.46. The molecule has 0 bridgehead atoms. The highest BCUT2D eigenvalue weighted by Crippen LogP contribution is 2.23. The zero-order valence-electron chi connectivity index (χ0n) is 21.8. The first kappa shape index (κ1) is 29.9. The average molecular weight is 627 g/mol. The number of hydrogen-bond donors (Lipinski definition) is 1. The molecule has 0 radical (unpaired) electrons. The zero-order valence-corrected chi connectivity index (χ0v) is 23.4. The van der Waals surface area contributed by atoms with Crippen LogP contribution in [0.5, 0.6) is 0 Å². The topological polar surface area (TPSA) is 86.1 Å². The second kappa shape index (κ2) is 14.0. The van der Waals surface area contributed by atoms with Gasteiger partial charge in [-0.05, 0) is 73.5 Å². The summed E-state index contributed by atoms with van der Waals surface area (Å²) in [5.74, 6) is -4.00. The van der Waals surface area contributed by atoms with Gasteiger partial charge in [-0.2, -0.15) is 18.3 Å². The molecule has 1 N–H and O–H groups in total. The first-order chi connectivity index (χ1) is 19.7. The molecule has 4 rings (SSSR count). The Bertz CT molecular complexity index is 1500. The summed E-state index contributed by atoms with van der Waals surface area (Å²) in [5.41, 5.74) is 3.44. The highest BCUT2D eigenvalue weighted by atomic mass is 79.9. The minimum Gasteiger partial charge on any atom is -0.381 e. The predicted molar refractivity (Wildman–Crippen MR) is 153 cm³/mol. The molecule has 7 nitrogen and oxygen atoms in total. The maximum Gasteiger partial charge on any atom is 0.491 e. The van der Waals surface area contributed by atoms with E-state index < -0.39 is 18.1 Å². The number of pyridine rings is 1. The normalized spacial score (nSPS) is 11.6. The number of carbonyl (C=O) groups excluding carboxylic acids is 2. The van der Waals surface area contributed by atoms with Gasteiger partial charge in [0.05, 0.1) is 11.4 Å². The number of rotatable bonds is 11. The Kier molecular flexibility index (Phi) is 10.2. The molecule has 11 heteroatoms. The lowest BCUT2D eigenvalue weighted by atomic mass is 10.1. The lowest BCUT2D eigenvalue weighted by Gasteiger charge is -2.09. The Hall–Kier alpha value is -4.09. The fourth-order valence-electron chi connectivity index (χ4n) is 3.89. The first-order valence-corrected chi connectivity index (χ1v) is 13.5. The van der Waals surface area contributed by atoms with Gasteiger partial charge in [-0.15, -0.1) is 0 Å². The van der Waals surface area contributed by atoms with Crippen molar-refractivity contribution in [3.05, 3.63) is 106 Å². The Labute approximate surface area is 243 Å². The molecule has 0 fully saturated rings. The van der Waals surface area contributed by atoms with Crippen LogP contribution in [0, 0.1) is 0 Å². The van der Waals surface area contributed by atoms with Gasteiger partial charge in [0.2, 0.25) is 0 Å². The molecule has 41 heavy (non-hydrogen) atoms. The van der Waals surface area contributed by atoms with Gasteiger partial charge >= 0.3 is 18.1 Å². The minimum absolute atomic E-state index is 0.210. The van der Waals surface area contributed by atoms with Gasteiger partial charge in [-0.3, -0.25) is 9.67 Å². The summed E-state index contributed by atoms with van der Waals surface area (Å²) >= 11 is 3.41. The number of hydrogen-bond acceptors (Lipinski definition) is 6. The van der Waals surface area contributed by atoms with E-state index in [0.717, 1.165) is 23.0 Å². The van der Waals surface area contributed by atoms with Gasteiger partial charge in [0, 0.05) is 22.8 Å². The van der Waals surface area contributed by atoms with Gasteiger partial charge in [-0.1, -0.05) is 64.5 Å². The number of esters is 2. The third-order valence-electron chi connectivity index (χ3n) is 5.96. The van der Waals surface area contributed by atoms with E-state index >= 15 is 0 Å². The van der Waals surface area contributed by atoms with Crippen LogP contribution in [0.3, 0.4) is 0 Å². The fourth-order valence-corrected chi connectivity index (χ4v) is 4.16. The number of nitrogens with zero attached hydrogens (tertiary/aromatic N) is 3. The minimum atomic E-state index is -5.30. The van der Waals surface area contributed by atoms with Crippen molar-refractivity contribution in [3.63, 3.8) is 0 Å². The number of alkyl halides is 3. The largest absolute Gasteiger partial charge is 0.491 e. The van der Waals surface area contributed by atoms with Crippen molar-refractivity contribution in [2.75, 3.05) is 13.1 Å². The second-order valence-electron chi connectivity index (χ2n) is 9.01. The van der Waals surface area contributed by atoms with E-state index in [-0.39, 0.29) is 12.2 Å². The molecule has 0 amide bonds. The lowest BCUT2D eigenvalue weighted by molar-refractivity contribution is -0.193.